The highest BCUT2D eigenvalue weighted by atomic mass is 16.3. The number of benzene rings is 8. The molecule has 12 rings (SSSR count). The first-order valence-corrected chi connectivity index (χ1v) is 22.2. The van der Waals surface area contributed by atoms with Crippen molar-refractivity contribution in [2.75, 3.05) is 0 Å². The predicted molar refractivity (Wildman–Crippen MR) is 288 cm³/mol. The third-order valence-electron chi connectivity index (χ3n) is 14.0. The fourth-order valence-corrected chi connectivity index (χ4v) is 10.9. The molecule has 5 nitrogen and oxygen atoms in total. The van der Waals surface area contributed by atoms with Crippen molar-refractivity contribution >= 4 is 137 Å². The van der Waals surface area contributed by atoms with Gasteiger partial charge >= 0.3 is 0 Å². The predicted octanol–water partition coefficient (Wildman–Crippen LogP) is 0.839. The summed E-state index contributed by atoms with van der Waals surface area (Å²) in [6.07, 6.45) is 0. The molecule has 1 atom stereocenters. The molecule has 0 radical (unpaired) electrons. The van der Waals surface area contributed by atoms with E-state index >= 15 is 0 Å². The van der Waals surface area contributed by atoms with Crippen molar-refractivity contribution < 1.29 is 4.42 Å². The molecule has 3 heterocycles. The van der Waals surface area contributed by atoms with Crippen LogP contribution in [0.4, 0.5) is 0 Å². The van der Waals surface area contributed by atoms with E-state index in [9.17, 15) is 0 Å². The number of hydrogen-bond donors (Lipinski definition) is 0. The Balaban J connectivity index is 1.10. The van der Waals surface area contributed by atoms with E-state index in [-0.39, 0.29) is 5.92 Å². The molecule has 3 aromatic heterocycles. The number of fused-ring (bicyclic) bond motifs is 10. The van der Waals surface area contributed by atoms with E-state index in [0.29, 0.717) is 17.5 Å². The average Bonchev–Trinajstić information content (AvgIpc) is 3.99. The minimum Gasteiger partial charge on any atom is -0.456 e. The number of aromatic nitrogens is 4. The van der Waals surface area contributed by atoms with Gasteiger partial charge in [-0.3, -0.25) is 0 Å². The quantitative estimate of drug-likeness (QED) is 0.242. The molecule has 1 unspecified atom stereocenters. The van der Waals surface area contributed by atoms with E-state index in [1.165, 1.54) is 93.6 Å². The summed E-state index contributed by atoms with van der Waals surface area (Å²) in [5.41, 5.74) is 24.2. The van der Waals surface area contributed by atoms with Crippen molar-refractivity contribution in [1.82, 2.24) is 19.5 Å². The molecule has 0 bridgehead atoms. The lowest BCUT2D eigenvalue weighted by Crippen LogP contribution is -2.36. The smallest absolute Gasteiger partial charge is 0.164 e. The van der Waals surface area contributed by atoms with Crippen LogP contribution in [0.1, 0.15) is 22.6 Å². The lowest BCUT2D eigenvalue weighted by Gasteiger charge is -2.21. The lowest BCUT2D eigenvalue weighted by atomic mass is 9.68. The van der Waals surface area contributed by atoms with Crippen molar-refractivity contribution in [2.24, 2.45) is 0 Å². The summed E-state index contributed by atoms with van der Waals surface area (Å²) < 4.78 is 9.39. The van der Waals surface area contributed by atoms with Crippen molar-refractivity contribution in [2.45, 2.75) is 5.92 Å². The highest BCUT2D eigenvalue weighted by Gasteiger charge is 2.38. The number of furan rings is 1. The minimum absolute atomic E-state index is 0.0227. The van der Waals surface area contributed by atoms with Gasteiger partial charge in [-0.1, -0.05) is 147 Å². The van der Waals surface area contributed by atoms with Gasteiger partial charge in [-0.2, -0.15) is 0 Å². The Morgan fingerprint density at radius 2 is 1.06 bits per heavy atom. The molecule has 294 valence electrons. The van der Waals surface area contributed by atoms with Gasteiger partial charge in [0, 0.05) is 55.4 Å². The first-order valence-electron chi connectivity index (χ1n) is 22.2. The fraction of sp³-hybridized carbons (Fsp3) is 0.0192. The second kappa shape index (κ2) is 14.4. The maximum absolute atomic E-state index is 6.82. The van der Waals surface area contributed by atoms with E-state index in [2.05, 4.69) is 144 Å². The Bertz CT molecular complexity index is 3700. The van der Waals surface area contributed by atoms with Crippen LogP contribution in [0.15, 0.2) is 150 Å². The minimum atomic E-state index is -0.0227. The number of rotatable bonds is 5. The Hall–Kier alpha value is -7.18. The van der Waals surface area contributed by atoms with Gasteiger partial charge in [0.05, 0.1) is 5.52 Å². The van der Waals surface area contributed by atoms with Crippen LogP contribution in [0.25, 0.3) is 94.7 Å². The number of nitrogens with zero attached hydrogens (tertiary/aromatic N) is 4. The topological polar surface area (TPSA) is 56.7 Å². The molecule has 0 N–H and O–H groups in total. The SMILES string of the molecule is Bc1cc(B)c2c(c1)c1c(B)c(B)c3c(c1n2-c1ccccc1)C(c1ccc2c(c1)oc1ccc(-c4nc(-c5ccccc5)nc(-c5ccccc5)n4)cc12)c1c(B)cc(B)c(B)c1-3. The number of para-hydroxylation sites is 1. The Morgan fingerprint density at radius 1 is 0.438 bits per heavy atom. The maximum atomic E-state index is 6.82. The molecule has 64 heavy (non-hydrogen) atoms. The molecule has 8 aromatic carbocycles. The van der Waals surface area contributed by atoms with Crippen LogP contribution in [0.5, 0.6) is 0 Å². The molecule has 0 fully saturated rings. The van der Waals surface area contributed by atoms with Crippen LogP contribution in [-0.4, -0.2) is 74.4 Å². The van der Waals surface area contributed by atoms with Crippen LogP contribution >= 0.6 is 0 Å². The van der Waals surface area contributed by atoms with Gasteiger partial charge in [0.15, 0.2) is 17.5 Å². The molecule has 1 aliphatic rings. The van der Waals surface area contributed by atoms with Crippen molar-refractivity contribution in [3.05, 3.63) is 162 Å². The molecule has 0 spiro atoms. The molecule has 0 aliphatic heterocycles. The zero-order valence-electron chi connectivity index (χ0n) is 37.1. The van der Waals surface area contributed by atoms with Crippen LogP contribution in [-0.2, 0) is 0 Å². The van der Waals surface area contributed by atoms with Gasteiger partial charge in [0.25, 0.3) is 0 Å². The van der Waals surface area contributed by atoms with Gasteiger partial charge in [-0.05, 0) is 64.2 Å². The summed E-state index contributed by atoms with van der Waals surface area (Å²) >= 11 is 0. The van der Waals surface area contributed by atoms with Crippen LogP contribution in [0, 0.1) is 0 Å². The van der Waals surface area contributed by atoms with Gasteiger partial charge < -0.3 is 8.98 Å². The van der Waals surface area contributed by atoms with Crippen molar-refractivity contribution in [3.63, 3.8) is 0 Å². The zero-order chi connectivity index (χ0) is 43.5. The first-order chi connectivity index (χ1) is 31.1. The van der Waals surface area contributed by atoms with Crippen molar-refractivity contribution in [3.8, 4) is 51.0 Å². The third kappa shape index (κ3) is 5.71. The van der Waals surface area contributed by atoms with Crippen LogP contribution < -0.4 is 38.2 Å². The van der Waals surface area contributed by atoms with E-state index < -0.39 is 0 Å². The lowest BCUT2D eigenvalue weighted by molar-refractivity contribution is 0.668. The molecule has 0 amide bonds. The third-order valence-corrected chi connectivity index (χ3v) is 14.0. The van der Waals surface area contributed by atoms with E-state index in [1.54, 1.807) is 0 Å². The fourth-order valence-electron chi connectivity index (χ4n) is 10.9. The normalized spacial score (nSPS) is 13.3. The molecular formula is C52H39B7N4O. The monoisotopic (exact) mass is 812 g/mol. The van der Waals surface area contributed by atoms with E-state index in [0.717, 1.165) is 38.6 Å². The summed E-state index contributed by atoms with van der Waals surface area (Å²) in [4.78, 5) is 15.0. The second-order valence-electron chi connectivity index (χ2n) is 17.9. The second-order valence-corrected chi connectivity index (χ2v) is 17.9. The van der Waals surface area contributed by atoms with E-state index in [1.807, 2.05) is 60.7 Å². The summed E-state index contributed by atoms with van der Waals surface area (Å²) in [5.74, 6) is 1.88. The summed E-state index contributed by atoms with van der Waals surface area (Å²) in [7, 11) is 16.1. The molecular weight excluding hydrogens is 772 g/mol. The van der Waals surface area contributed by atoms with Gasteiger partial charge in [-0.25, -0.2) is 15.0 Å². The Kier molecular flexibility index (Phi) is 8.68. The average molecular weight is 812 g/mol. The van der Waals surface area contributed by atoms with Gasteiger partial charge in [0.2, 0.25) is 0 Å². The molecule has 1 aliphatic carbocycles. The largest absolute Gasteiger partial charge is 0.456 e. The maximum Gasteiger partial charge on any atom is 0.164 e. The molecule has 0 saturated heterocycles. The molecule has 0 saturated carbocycles. The highest BCUT2D eigenvalue weighted by molar-refractivity contribution is 6.59. The Labute approximate surface area is 378 Å². The standard InChI is InChI=1S/C52H39B7N4O/c53-29-22-33-40-46(58)47(59)43-42-41(34(54)24-35(55)45(42)57)39(44(43)49(40)63(48(33)36(56)23-29)30-14-8-3-9-15-30)27-16-18-31-32-20-28(17-19-37(32)64-38(31)21-27)52-61-50(25-10-4-1-5-11-25)60-51(62-52)26-12-6-2-7-13-26/h1-24,39H,53-59H2. The van der Waals surface area contributed by atoms with Crippen molar-refractivity contribution in [1.29, 1.82) is 0 Å². The summed E-state index contributed by atoms with van der Waals surface area (Å²) in [5, 5.41) is 4.74. The number of hydrogen-bond acceptors (Lipinski definition) is 4. The van der Waals surface area contributed by atoms with Crippen LogP contribution in [0.3, 0.4) is 0 Å². The summed E-state index contributed by atoms with van der Waals surface area (Å²) in [6.45, 7) is 0. The van der Waals surface area contributed by atoms with E-state index in [4.69, 9.17) is 19.4 Å². The zero-order valence-corrected chi connectivity index (χ0v) is 37.1. The van der Waals surface area contributed by atoms with Gasteiger partial charge in [0.1, 0.15) is 66.1 Å². The molecule has 12 heteroatoms. The summed E-state index contributed by atoms with van der Waals surface area (Å²) in [6, 6.07) is 51.5. The highest BCUT2D eigenvalue weighted by Crippen LogP contribution is 2.50. The Morgan fingerprint density at radius 3 is 1.73 bits per heavy atom. The first kappa shape index (κ1) is 38.5. The molecule has 11 aromatic rings. The van der Waals surface area contributed by atoms with Crippen LogP contribution in [0.2, 0.25) is 0 Å². The van der Waals surface area contributed by atoms with Gasteiger partial charge in [-0.15, -0.1) is 0 Å².